The maximum Gasteiger partial charge on any atom is 0.271 e. The number of carbonyl (C=O) groups excluding carboxylic acids is 1. The first-order valence-electron chi connectivity index (χ1n) is 6.29. The van der Waals surface area contributed by atoms with Gasteiger partial charge in [0.15, 0.2) is 17.2 Å². The van der Waals surface area contributed by atoms with Crippen molar-refractivity contribution in [3.05, 3.63) is 21.4 Å². The van der Waals surface area contributed by atoms with Gasteiger partial charge in [0.2, 0.25) is 0 Å². The molecule has 2 rings (SSSR count). The first-order valence-corrected chi connectivity index (χ1v) is 7.37. The summed E-state index contributed by atoms with van der Waals surface area (Å²) in [5, 5.41) is 10.2. The van der Waals surface area contributed by atoms with Crippen LogP contribution in [-0.4, -0.2) is 35.0 Å². The van der Waals surface area contributed by atoms with E-state index in [0.29, 0.717) is 29.4 Å². The second-order valence-corrected chi connectivity index (χ2v) is 5.39. The van der Waals surface area contributed by atoms with E-state index >= 15 is 0 Å². The summed E-state index contributed by atoms with van der Waals surface area (Å²) in [7, 11) is 1.56. The second-order valence-electron chi connectivity index (χ2n) is 4.22. The number of hydrogen-bond acceptors (Lipinski definition) is 5. The number of carbonyl (C=O) groups is 1. The summed E-state index contributed by atoms with van der Waals surface area (Å²) in [6, 6.07) is 3.59. The lowest BCUT2D eigenvalue weighted by Crippen LogP contribution is -2.12. The largest absolute Gasteiger partial charge is 0.493 e. The number of nitrogens with two attached hydrogens (primary N) is 1. The standard InChI is InChI=1S/C13H15IN4O3/c1-3-4-21-12-8(14)5-7(6-9(12)20-2)10-11(13(15)19)17-18-16-10/h5-6H,3-4H2,1-2H3,(H2,15,19)(H,16,17,18). The third-order valence-corrected chi connectivity index (χ3v) is 3.54. The van der Waals surface area contributed by atoms with Crippen LogP contribution in [0.15, 0.2) is 12.1 Å². The van der Waals surface area contributed by atoms with Crippen LogP contribution in [0.4, 0.5) is 0 Å². The number of nitrogens with zero attached hydrogens (tertiary/aromatic N) is 2. The predicted octanol–water partition coefficient (Wildman–Crippen LogP) is 1.97. The van der Waals surface area contributed by atoms with Crippen LogP contribution in [0.5, 0.6) is 11.5 Å². The van der Waals surface area contributed by atoms with Gasteiger partial charge >= 0.3 is 0 Å². The number of primary amides is 1. The van der Waals surface area contributed by atoms with Crippen molar-refractivity contribution in [3.63, 3.8) is 0 Å². The Bertz CT molecular complexity index is 657. The number of amides is 1. The van der Waals surface area contributed by atoms with Crippen LogP contribution >= 0.6 is 22.6 Å². The first-order chi connectivity index (χ1) is 10.1. The Morgan fingerprint density at radius 2 is 2.19 bits per heavy atom. The number of ether oxygens (including phenoxy) is 2. The molecule has 0 saturated heterocycles. The summed E-state index contributed by atoms with van der Waals surface area (Å²) in [6.07, 6.45) is 0.899. The lowest BCUT2D eigenvalue weighted by molar-refractivity contribution is 0.0996. The SMILES string of the molecule is CCCOc1c(I)cc(-c2n[nH]nc2C(N)=O)cc1OC. The minimum Gasteiger partial charge on any atom is -0.493 e. The minimum absolute atomic E-state index is 0.0927. The fourth-order valence-electron chi connectivity index (χ4n) is 1.80. The molecule has 0 radical (unpaired) electrons. The van der Waals surface area contributed by atoms with Gasteiger partial charge in [-0.3, -0.25) is 4.79 Å². The minimum atomic E-state index is -0.640. The van der Waals surface area contributed by atoms with Crippen molar-refractivity contribution < 1.29 is 14.3 Å². The molecule has 0 aliphatic carbocycles. The molecule has 0 bridgehead atoms. The molecule has 8 heteroatoms. The zero-order valence-corrected chi connectivity index (χ0v) is 13.8. The Balaban J connectivity index is 2.49. The molecule has 0 atom stereocenters. The highest BCUT2D eigenvalue weighted by molar-refractivity contribution is 14.1. The lowest BCUT2D eigenvalue weighted by atomic mass is 10.1. The van der Waals surface area contributed by atoms with Gasteiger partial charge in [0, 0.05) is 5.56 Å². The summed E-state index contributed by atoms with van der Waals surface area (Å²) >= 11 is 2.15. The van der Waals surface area contributed by atoms with Gasteiger partial charge in [-0.05, 0) is 41.1 Å². The van der Waals surface area contributed by atoms with E-state index in [-0.39, 0.29) is 5.69 Å². The number of aromatic amines is 1. The van der Waals surface area contributed by atoms with Crippen LogP contribution in [0, 0.1) is 3.57 Å². The number of aromatic nitrogens is 3. The van der Waals surface area contributed by atoms with Crippen LogP contribution in [0.3, 0.4) is 0 Å². The summed E-state index contributed by atoms with van der Waals surface area (Å²) < 4.78 is 11.9. The number of methoxy groups -OCH3 is 1. The molecule has 0 fully saturated rings. The number of rotatable bonds is 6. The van der Waals surface area contributed by atoms with Gasteiger partial charge in [-0.25, -0.2) is 0 Å². The van der Waals surface area contributed by atoms with E-state index in [0.717, 1.165) is 9.99 Å². The van der Waals surface area contributed by atoms with Crippen LogP contribution in [0.25, 0.3) is 11.3 Å². The van der Waals surface area contributed by atoms with E-state index < -0.39 is 5.91 Å². The molecule has 0 saturated carbocycles. The molecule has 2 aromatic rings. The van der Waals surface area contributed by atoms with Crippen LogP contribution < -0.4 is 15.2 Å². The van der Waals surface area contributed by atoms with Crippen LogP contribution in [-0.2, 0) is 0 Å². The molecule has 7 nitrogen and oxygen atoms in total. The van der Waals surface area contributed by atoms with Gasteiger partial charge in [0.05, 0.1) is 17.3 Å². The Morgan fingerprint density at radius 3 is 2.81 bits per heavy atom. The van der Waals surface area contributed by atoms with Crippen molar-refractivity contribution in [1.82, 2.24) is 15.4 Å². The number of hydrogen-bond donors (Lipinski definition) is 2. The van der Waals surface area contributed by atoms with Crippen molar-refractivity contribution >= 4 is 28.5 Å². The molecule has 1 aromatic carbocycles. The summed E-state index contributed by atoms with van der Waals surface area (Å²) in [5.74, 6) is 0.607. The topological polar surface area (TPSA) is 103 Å². The monoisotopic (exact) mass is 402 g/mol. The second kappa shape index (κ2) is 6.74. The molecule has 0 unspecified atom stereocenters. The molecule has 1 amide bonds. The molecule has 0 aliphatic rings. The van der Waals surface area contributed by atoms with Gasteiger partial charge in [-0.2, -0.15) is 15.4 Å². The fraction of sp³-hybridized carbons (Fsp3) is 0.308. The van der Waals surface area contributed by atoms with Crippen molar-refractivity contribution in [2.24, 2.45) is 5.73 Å². The van der Waals surface area contributed by atoms with E-state index in [9.17, 15) is 4.79 Å². The lowest BCUT2D eigenvalue weighted by Gasteiger charge is -2.13. The highest BCUT2D eigenvalue weighted by Crippen LogP contribution is 2.37. The molecule has 0 aliphatic heterocycles. The highest BCUT2D eigenvalue weighted by atomic mass is 127. The van der Waals surface area contributed by atoms with Crippen LogP contribution in [0.1, 0.15) is 23.8 Å². The van der Waals surface area contributed by atoms with E-state index in [1.54, 1.807) is 13.2 Å². The van der Waals surface area contributed by atoms with Gasteiger partial charge in [0.25, 0.3) is 5.91 Å². The Morgan fingerprint density at radius 1 is 1.43 bits per heavy atom. The number of halogens is 1. The Hall–Kier alpha value is -1.84. The first kappa shape index (κ1) is 15.5. The number of nitrogens with one attached hydrogen (secondary N) is 1. The van der Waals surface area contributed by atoms with Crippen LogP contribution in [0.2, 0.25) is 0 Å². The molecule has 0 spiro atoms. The Kier molecular flexibility index (Phi) is 4.99. The van der Waals surface area contributed by atoms with E-state index in [4.69, 9.17) is 15.2 Å². The van der Waals surface area contributed by atoms with Gasteiger partial charge < -0.3 is 15.2 Å². The average molecular weight is 402 g/mol. The average Bonchev–Trinajstić information content (AvgIpc) is 2.94. The van der Waals surface area contributed by atoms with Crippen molar-refractivity contribution in [3.8, 4) is 22.8 Å². The van der Waals surface area contributed by atoms with Gasteiger partial charge in [0.1, 0.15) is 5.69 Å². The van der Waals surface area contributed by atoms with Crippen molar-refractivity contribution in [2.75, 3.05) is 13.7 Å². The predicted molar refractivity (Wildman–Crippen MR) is 85.4 cm³/mol. The quantitative estimate of drug-likeness (QED) is 0.720. The van der Waals surface area contributed by atoms with E-state index in [1.165, 1.54) is 0 Å². The molecule has 112 valence electrons. The maximum absolute atomic E-state index is 11.3. The third kappa shape index (κ3) is 3.26. The summed E-state index contributed by atoms with van der Waals surface area (Å²) in [4.78, 5) is 11.3. The zero-order valence-electron chi connectivity index (χ0n) is 11.6. The number of benzene rings is 1. The zero-order chi connectivity index (χ0) is 15.4. The Labute approximate surface area is 135 Å². The molecule has 1 aromatic heterocycles. The smallest absolute Gasteiger partial charge is 0.271 e. The molecule has 21 heavy (non-hydrogen) atoms. The molecule has 1 heterocycles. The van der Waals surface area contributed by atoms with Gasteiger partial charge in [-0.15, -0.1) is 0 Å². The van der Waals surface area contributed by atoms with E-state index in [2.05, 4.69) is 38.0 Å². The third-order valence-electron chi connectivity index (χ3n) is 2.73. The van der Waals surface area contributed by atoms with Crippen molar-refractivity contribution in [2.45, 2.75) is 13.3 Å². The van der Waals surface area contributed by atoms with Crippen molar-refractivity contribution in [1.29, 1.82) is 0 Å². The molecular formula is C13H15IN4O3. The fourth-order valence-corrected chi connectivity index (χ4v) is 2.56. The number of H-pyrrole nitrogens is 1. The molecule has 3 N–H and O–H groups in total. The molecular weight excluding hydrogens is 387 g/mol. The normalized spacial score (nSPS) is 10.4. The highest BCUT2D eigenvalue weighted by Gasteiger charge is 2.19. The van der Waals surface area contributed by atoms with Gasteiger partial charge in [-0.1, -0.05) is 6.92 Å². The summed E-state index contributed by atoms with van der Waals surface area (Å²) in [6.45, 7) is 2.63. The van der Waals surface area contributed by atoms with E-state index in [1.807, 2.05) is 13.0 Å². The summed E-state index contributed by atoms with van der Waals surface area (Å²) in [5.41, 5.74) is 6.45. The maximum atomic E-state index is 11.3.